The Kier molecular flexibility index (Phi) is 9.04. The average Bonchev–Trinajstić information content (AvgIpc) is 2.87. The topological polar surface area (TPSA) is 115 Å². The summed E-state index contributed by atoms with van der Waals surface area (Å²) in [5.41, 5.74) is 3.77. The summed E-state index contributed by atoms with van der Waals surface area (Å²) in [5, 5.41) is 6.75. The van der Waals surface area contributed by atoms with Crippen LogP contribution in [0.2, 0.25) is 5.02 Å². The van der Waals surface area contributed by atoms with E-state index in [1.807, 2.05) is 0 Å². The summed E-state index contributed by atoms with van der Waals surface area (Å²) in [6.45, 7) is 1.71. The number of carbonyl (C=O) groups is 3. The van der Waals surface area contributed by atoms with Gasteiger partial charge in [0.05, 0.1) is 26.0 Å². The summed E-state index contributed by atoms with van der Waals surface area (Å²) in [7, 11) is 2.95. The van der Waals surface area contributed by atoms with E-state index in [4.69, 9.17) is 25.8 Å². The van der Waals surface area contributed by atoms with Crippen LogP contribution >= 0.6 is 27.5 Å². The molecule has 3 aromatic rings. The van der Waals surface area contributed by atoms with Crippen molar-refractivity contribution in [1.82, 2.24) is 5.43 Å². The number of nitrogens with one attached hydrogen (secondary N) is 2. The number of carbonyl (C=O) groups excluding carboxylic acids is 3. The maximum absolute atomic E-state index is 12.7. The van der Waals surface area contributed by atoms with E-state index in [2.05, 4.69) is 31.8 Å². The summed E-state index contributed by atoms with van der Waals surface area (Å²) in [6.07, 6.45) is 1.25. The van der Waals surface area contributed by atoms with Crippen molar-refractivity contribution >= 4 is 57.2 Å². The van der Waals surface area contributed by atoms with Gasteiger partial charge in [-0.25, -0.2) is 10.2 Å². The van der Waals surface area contributed by atoms with Crippen LogP contribution in [0.5, 0.6) is 17.2 Å². The molecule has 0 spiro atoms. The molecule has 3 aromatic carbocycles. The molecule has 0 atom stereocenters. The number of methoxy groups -OCH3 is 2. The summed E-state index contributed by atoms with van der Waals surface area (Å²) in [6, 6.07) is 14.4. The second kappa shape index (κ2) is 12.2. The Morgan fingerprint density at radius 1 is 0.944 bits per heavy atom. The number of rotatable bonds is 7. The Bertz CT molecular complexity index is 1350. The van der Waals surface area contributed by atoms with Crippen LogP contribution in [0.3, 0.4) is 0 Å². The number of hydrogen-bond donors (Lipinski definition) is 2. The summed E-state index contributed by atoms with van der Waals surface area (Å²) >= 11 is 9.37. The average molecular weight is 575 g/mol. The van der Waals surface area contributed by atoms with Crippen LogP contribution < -0.4 is 25.0 Å². The molecule has 0 saturated heterocycles. The van der Waals surface area contributed by atoms with Gasteiger partial charge in [0.25, 0.3) is 0 Å². The van der Waals surface area contributed by atoms with Crippen molar-refractivity contribution < 1.29 is 28.6 Å². The third kappa shape index (κ3) is 6.61. The zero-order chi connectivity index (χ0) is 26.2. The van der Waals surface area contributed by atoms with Crippen molar-refractivity contribution in [3.8, 4) is 17.2 Å². The van der Waals surface area contributed by atoms with E-state index in [9.17, 15) is 14.4 Å². The Balaban J connectivity index is 1.70. The minimum atomic E-state index is -0.996. The first-order valence-corrected chi connectivity index (χ1v) is 11.5. The van der Waals surface area contributed by atoms with Crippen LogP contribution in [0.1, 0.15) is 21.5 Å². The van der Waals surface area contributed by atoms with Crippen LogP contribution in [0.4, 0.5) is 5.69 Å². The Hall–Kier alpha value is -3.89. The van der Waals surface area contributed by atoms with Gasteiger partial charge in [-0.1, -0.05) is 33.6 Å². The molecule has 0 radical (unpaired) electrons. The highest BCUT2D eigenvalue weighted by molar-refractivity contribution is 9.10. The molecule has 0 aliphatic rings. The van der Waals surface area contributed by atoms with Crippen LogP contribution in [0.25, 0.3) is 0 Å². The highest BCUT2D eigenvalue weighted by Crippen LogP contribution is 2.29. The number of hydrazone groups is 1. The first kappa shape index (κ1) is 26.7. The molecule has 0 aliphatic carbocycles. The Labute approximate surface area is 220 Å². The van der Waals surface area contributed by atoms with Gasteiger partial charge in [-0.2, -0.15) is 5.10 Å². The van der Waals surface area contributed by atoms with Crippen LogP contribution in [-0.4, -0.2) is 38.2 Å². The number of hydrogen-bond acceptors (Lipinski definition) is 7. The molecule has 11 heteroatoms. The van der Waals surface area contributed by atoms with Gasteiger partial charge in [-0.3, -0.25) is 9.59 Å². The lowest BCUT2D eigenvalue weighted by molar-refractivity contribution is -0.136. The zero-order valence-corrected chi connectivity index (χ0v) is 21.8. The van der Waals surface area contributed by atoms with Crippen molar-refractivity contribution in [2.75, 3.05) is 19.5 Å². The van der Waals surface area contributed by atoms with Crippen molar-refractivity contribution in [1.29, 1.82) is 0 Å². The quantitative estimate of drug-likeness (QED) is 0.139. The Morgan fingerprint density at radius 3 is 2.39 bits per heavy atom. The smallest absolute Gasteiger partial charge is 0.343 e. The number of amides is 2. The lowest BCUT2D eigenvalue weighted by Gasteiger charge is -2.11. The molecular formula is C25H21BrClN3O6. The summed E-state index contributed by atoms with van der Waals surface area (Å²) < 4.78 is 16.6. The lowest BCUT2D eigenvalue weighted by Crippen LogP contribution is -2.32. The van der Waals surface area contributed by atoms with E-state index in [1.54, 1.807) is 49.4 Å². The first-order chi connectivity index (χ1) is 17.2. The van der Waals surface area contributed by atoms with E-state index in [1.165, 1.54) is 32.6 Å². The van der Waals surface area contributed by atoms with Gasteiger partial charge in [0.1, 0.15) is 5.75 Å². The predicted molar refractivity (Wildman–Crippen MR) is 139 cm³/mol. The standard InChI is InChI=1S/C25H21BrClN3O6/c1-14-18(27)5-4-6-19(14)29-23(31)24(32)30-28-13-16-11-17(26)8-10-20(16)36-25(33)15-7-9-21(34-2)22(12-15)35-3/h4-13H,1-3H3,(H,29,31)(H,30,32)/b28-13-. The van der Waals surface area contributed by atoms with E-state index >= 15 is 0 Å². The van der Waals surface area contributed by atoms with Gasteiger partial charge in [0, 0.05) is 20.7 Å². The molecule has 3 rings (SSSR count). The van der Waals surface area contributed by atoms with Crippen molar-refractivity contribution in [3.05, 3.63) is 80.8 Å². The first-order valence-electron chi connectivity index (χ1n) is 10.4. The minimum absolute atomic E-state index is 0.176. The molecule has 9 nitrogen and oxygen atoms in total. The van der Waals surface area contributed by atoms with E-state index in [0.717, 1.165) is 0 Å². The Morgan fingerprint density at radius 2 is 1.67 bits per heavy atom. The minimum Gasteiger partial charge on any atom is -0.493 e. The fourth-order valence-corrected chi connectivity index (χ4v) is 3.52. The molecule has 36 heavy (non-hydrogen) atoms. The van der Waals surface area contributed by atoms with Gasteiger partial charge in [0.2, 0.25) is 0 Å². The third-order valence-corrected chi connectivity index (χ3v) is 5.79. The van der Waals surface area contributed by atoms with Crippen LogP contribution in [0.15, 0.2) is 64.2 Å². The normalized spacial score (nSPS) is 10.6. The number of nitrogens with zero attached hydrogens (tertiary/aromatic N) is 1. The molecule has 0 bridgehead atoms. The van der Waals surface area contributed by atoms with E-state index < -0.39 is 17.8 Å². The fourth-order valence-electron chi connectivity index (χ4n) is 2.97. The highest BCUT2D eigenvalue weighted by atomic mass is 79.9. The van der Waals surface area contributed by atoms with Gasteiger partial charge in [-0.15, -0.1) is 0 Å². The number of halogens is 2. The van der Waals surface area contributed by atoms with Gasteiger partial charge >= 0.3 is 17.8 Å². The van der Waals surface area contributed by atoms with Gasteiger partial charge in [0.15, 0.2) is 11.5 Å². The molecule has 0 saturated carbocycles. The van der Waals surface area contributed by atoms with E-state index in [0.29, 0.717) is 37.8 Å². The maximum atomic E-state index is 12.7. The second-order valence-electron chi connectivity index (χ2n) is 7.21. The largest absolute Gasteiger partial charge is 0.493 e. The maximum Gasteiger partial charge on any atom is 0.343 e. The van der Waals surface area contributed by atoms with Gasteiger partial charge in [-0.05, 0) is 61.0 Å². The SMILES string of the molecule is COc1ccc(C(=O)Oc2ccc(Br)cc2/C=N\NC(=O)C(=O)Nc2cccc(Cl)c2C)cc1OC. The summed E-state index contributed by atoms with van der Waals surface area (Å²) in [4.78, 5) is 37.1. The van der Waals surface area contributed by atoms with Crippen LogP contribution in [-0.2, 0) is 9.59 Å². The molecule has 186 valence electrons. The molecule has 2 amide bonds. The number of esters is 1. The number of benzene rings is 3. The molecule has 2 N–H and O–H groups in total. The van der Waals surface area contributed by atoms with E-state index in [-0.39, 0.29) is 11.3 Å². The zero-order valence-electron chi connectivity index (χ0n) is 19.4. The molecule has 0 unspecified atom stereocenters. The lowest BCUT2D eigenvalue weighted by atomic mass is 10.2. The summed E-state index contributed by atoms with van der Waals surface area (Å²) in [5.74, 6) is -1.55. The van der Waals surface area contributed by atoms with Crippen molar-refractivity contribution in [3.63, 3.8) is 0 Å². The molecule has 0 aliphatic heterocycles. The third-order valence-electron chi connectivity index (χ3n) is 4.89. The molecule has 0 aromatic heterocycles. The van der Waals surface area contributed by atoms with Gasteiger partial charge < -0.3 is 19.5 Å². The molecule has 0 fully saturated rings. The second-order valence-corrected chi connectivity index (χ2v) is 8.53. The predicted octanol–water partition coefficient (Wildman–Crippen LogP) is 4.74. The molecule has 0 heterocycles. The monoisotopic (exact) mass is 573 g/mol. The van der Waals surface area contributed by atoms with Crippen molar-refractivity contribution in [2.24, 2.45) is 5.10 Å². The number of anilines is 1. The highest BCUT2D eigenvalue weighted by Gasteiger charge is 2.16. The number of ether oxygens (including phenoxy) is 3. The fraction of sp³-hybridized carbons (Fsp3) is 0.120. The van der Waals surface area contributed by atoms with Crippen LogP contribution in [0, 0.1) is 6.92 Å². The molecular weight excluding hydrogens is 554 g/mol. The van der Waals surface area contributed by atoms with Crippen molar-refractivity contribution in [2.45, 2.75) is 6.92 Å².